The van der Waals surface area contributed by atoms with Gasteiger partial charge in [0.1, 0.15) is 23.3 Å². The summed E-state index contributed by atoms with van der Waals surface area (Å²) in [5, 5.41) is 3.88. The van der Waals surface area contributed by atoms with Crippen LogP contribution in [0, 0.1) is 0 Å². The number of nitrogens with one attached hydrogen (secondary N) is 1. The molecule has 0 aliphatic heterocycles. The van der Waals surface area contributed by atoms with Crippen molar-refractivity contribution >= 4 is 35.0 Å². The van der Waals surface area contributed by atoms with E-state index in [0.29, 0.717) is 39.3 Å². The lowest BCUT2D eigenvalue weighted by Gasteiger charge is -2.31. The summed E-state index contributed by atoms with van der Waals surface area (Å²) < 4.78 is 16.3. The predicted molar refractivity (Wildman–Crippen MR) is 134 cm³/mol. The van der Waals surface area contributed by atoms with Crippen molar-refractivity contribution in [2.45, 2.75) is 52.2 Å². The number of benzene rings is 2. The van der Waals surface area contributed by atoms with Crippen molar-refractivity contribution in [1.29, 1.82) is 0 Å². The van der Waals surface area contributed by atoms with Crippen molar-refractivity contribution in [2.75, 3.05) is 20.8 Å². The molecule has 0 bridgehead atoms. The summed E-state index contributed by atoms with van der Waals surface area (Å²) in [6, 6.07) is 9.36. The monoisotopic (exact) mass is 510 g/mol. The zero-order chi connectivity index (χ0) is 25.3. The Labute approximate surface area is 211 Å². The lowest BCUT2D eigenvalue weighted by Crippen LogP contribution is -2.51. The molecule has 0 aliphatic carbocycles. The Kier molecular flexibility index (Phi) is 10.8. The first-order chi connectivity index (χ1) is 16.2. The van der Waals surface area contributed by atoms with Crippen molar-refractivity contribution in [3.8, 4) is 17.2 Å². The molecule has 2 aromatic carbocycles. The van der Waals surface area contributed by atoms with Crippen molar-refractivity contribution in [1.82, 2.24) is 10.2 Å². The van der Waals surface area contributed by atoms with Gasteiger partial charge in [-0.15, -0.1) is 0 Å². The average Bonchev–Trinajstić information content (AvgIpc) is 2.83. The van der Waals surface area contributed by atoms with Gasteiger partial charge in [-0.3, -0.25) is 9.59 Å². The third kappa shape index (κ3) is 7.71. The number of carbonyl (C=O) groups excluding carboxylic acids is 2. The lowest BCUT2D eigenvalue weighted by atomic mass is 10.1. The molecule has 0 saturated carbocycles. The van der Waals surface area contributed by atoms with Crippen LogP contribution in [0.15, 0.2) is 36.4 Å². The smallest absolute Gasteiger partial charge is 0.261 e. The van der Waals surface area contributed by atoms with Crippen molar-refractivity contribution in [3.63, 3.8) is 0 Å². The van der Waals surface area contributed by atoms with Crippen molar-refractivity contribution < 1.29 is 23.8 Å². The van der Waals surface area contributed by atoms with E-state index in [0.717, 1.165) is 6.42 Å². The Morgan fingerprint density at radius 2 is 1.59 bits per heavy atom. The topological polar surface area (TPSA) is 77.1 Å². The van der Waals surface area contributed by atoms with Gasteiger partial charge in [0.25, 0.3) is 5.91 Å². The largest absolute Gasteiger partial charge is 0.496 e. The van der Waals surface area contributed by atoms with Crippen molar-refractivity contribution in [3.05, 3.63) is 52.0 Å². The fraction of sp³-hybridized carbons (Fsp3) is 0.440. The number of hydrogen-bond donors (Lipinski definition) is 1. The van der Waals surface area contributed by atoms with Crippen LogP contribution in [0.25, 0.3) is 0 Å². The molecular formula is C25H32Cl2N2O5. The highest BCUT2D eigenvalue weighted by Gasteiger charge is 2.30. The Morgan fingerprint density at radius 1 is 0.971 bits per heavy atom. The van der Waals surface area contributed by atoms with Gasteiger partial charge in [-0.25, -0.2) is 0 Å². The summed E-state index contributed by atoms with van der Waals surface area (Å²) in [5.74, 6) is 0.889. The minimum atomic E-state index is -0.698. The molecule has 7 nitrogen and oxygen atoms in total. The molecule has 0 spiro atoms. The molecule has 2 rings (SSSR count). The van der Waals surface area contributed by atoms with E-state index in [1.165, 1.54) is 19.1 Å². The van der Waals surface area contributed by atoms with Gasteiger partial charge in [0.05, 0.1) is 14.2 Å². The Hall–Kier alpha value is -2.64. The standard InChI is InChI=1S/C25H32Cl2N2O5/c1-6-16(3)28-25(31)23(7-2)29(14-17-8-9-18(26)10-22(17)27)24(30)15-34-21-12-19(32-4)11-20(13-21)33-5/h8-13,16,23H,6-7,14-15H2,1-5H3,(H,28,31)/t16-,23-/m1/s1. The second-order valence-corrected chi connectivity index (χ2v) is 8.68. The summed E-state index contributed by atoms with van der Waals surface area (Å²) >= 11 is 12.4. The van der Waals surface area contributed by atoms with E-state index in [2.05, 4.69) is 5.32 Å². The molecule has 0 saturated heterocycles. The molecule has 34 heavy (non-hydrogen) atoms. The molecule has 2 amide bonds. The summed E-state index contributed by atoms with van der Waals surface area (Å²) in [6.45, 7) is 5.61. The maximum absolute atomic E-state index is 13.4. The van der Waals surface area contributed by atoms with Gasteiger partial charge in [-0.05, 0) is 37.5 Å². The Balaban J connectivity index is 2.29. The van der Waals surface area contributed by atoms with E-state index < -0.39 is 6.04 Å². The Bertz CT molecular complexity index is 964. The van der Waals surface area contributed by atoms with E-state index in [9.17, 15) is 9.59 Å². The third-order valence-electron chi connectivity index (χ3n) is 5.43. The van der Waals surface area contributed by atoms with E-state index in [4.69, 9.17) is 37.4 Å². The average molecular weight is 511 g/mol. The summed E-state index contributed by atoms with van der Waals surface area (Å²) in [5.41, 5.74) is 0.678. The summed E-state index contributed by atoms with van der Waals surface area (Å²) in [4.78, 5) is 27.9. The predicted octanol–water partition coefficient (Wildman–Crippen LogP) is 5.11. The Morgan fingerprint density at radius 3 is 2.12 bits per heavy atom. The molecule has 186 valence electrons. The van der Waals surface area contributed by atoms with E-state index >= 15 is 0 Å². The number of amides is 2. The number of nitrogens with zero attached hydrogens (tertiary/aromatic N) is 1. The van der Waals surface area contributed by atoms with E-state index in [-0.39, 0.29) is 31.0 Å². The normalized spacial score (nSPS) is 12.4. The molecule has 9 heteroatoms. The van der Waals surface area contributed by atoms with Crippen LogP contribution in [0.5, 0.6) is 17.2 Å². The molecule has 0 aliphatic rings. The molecule has 0 aromatic heterocycles. The highest BCUT2D eigenvalue weighted by atomic mass is 35.5. The van der Waals surface area contributed by atoms with Gasteiger partial charge in [-0.2, -0.15) is 0 Å². The van der Waals surface area contributed by atoms with Crippen LogP contribution in [-0.4, -0.2) is 49.6 Å². The van der Waals surface area contributed by atoms with Gasteiger partial charge in [0.2, 0.25) is 5.91 Å². The number of ether oxygens (including phenoxy) is 3. The van der Waals surface area contributed by atoms with Crippen LogP contribution in [-0.2, 0) is 16.1 Å². The van der Waals surface area contributed by atoms with Gasteiger partial charge in [0, 0.05) is 40.8 Å². The molecule has 0 radical (unpaired) electrons. The zero-order valence-electron chi connectivity index (χ0n) is 20.2. The first kappa shape index (κ1) is 27.6. The highest BCUT2D eigenvalue weighted by Crippen LogP contribution is 2.28. The van der Waals surface area contributed by atoms with Gasteiger partial charge in [0.15, 0.2) is 6.61 Å². The van der Waals surface area contributed by atoms with E-state index in [1.54, 1.807) is 36.4 Å². The van der Waals surface area contributed by atoms with Crippen LogP contribution in [0.2, 0.25) is 10.0 Å². The van der Waals surface area contributed by atoms with Gasteiger partial charge >= 0.3 is 0 Å². The molecule has 2 atom stereocenters. The number of carbonyl (C=O) groups is 2. The number of methoxy groups -OCH3 is 2. The molecule has 0 heterocycles. The number of halogens is 2. The maximum atomic E-state index is 13.4. The van der Waals surface area contributed by atoms with Gasteiger partial charge in [-0.1, -0.05) is 43.1 Å². The van der Waals surface area contributed by atoms with Crippen LogP contribution >= 0.6 is 23.2 Å². The van der Waals surface area contributed by atoms with Gasteiger partial charge < -0.3 is 24.4 Å². The third-order valence-corrected chi connectivity index (χ3v) is 6.02. The maximum Gasteiger partial charge on any atom is 0.261 e. The molecular weight excluding hydrogens is 479 g/mol. The van der Waals surface area contributed by atoms with E-state index in [1.807, 2.05) is 20.8 Å². The molecule has 0 fully saturated rings. The second kappa shape index (κ2) is 13.3. The highest BCUT2D eigenvalue weighted by molar-refractivity contribution is 6.35. The summed E-state index contributed by atoms with van der Waals surface area (Å²) in [6.07, 6.45) is 1.20. The fourth-order valence-electron chi connectivity index (χ4n) is 3.29. The molecule has 0 unspecified atom stereocenters. The van der Waals surface area contributed by atoms with Crippen LogP contribution < -0.4 is 19.5 Å². The zero-order valence-corrected chi connectivity index (χ0v) is 21.7. The first-order valence-corrected chi connectivity index (χ1v) is 11.9. The summed E-state index contributed by atoms with van der Waals surface area (Å²) in [7, 11) is 3.06. The SMILES string of the molecule is CC[C@@H](C)NC(=O)[C@@H](CC)N(Cc1ccc(Cl)cc1Cl)C(=O)COc1cc(OC)cc(OC)c1. The quantitative estimate of drug-likeness (QED) is 0.429. The van der Waals surface area contributed by atoms with Crippen molar-refractivity contribution in [2.24, 2.45) is 0 Å². The lowest BCUT2D eigenvalue weighted by molar-refractivity contribution is -0.143. The number of rotatable bonds is 12. The van der Waals surface area contributed by atoms with Crippen LogP contribution in [0.4, 0.5) is 0 Å². The van der Waals surface area contributed by atoms with Crippen LogP contribution in [0.3, 0.4) is 0 Å². The van der Waals surface area contributed by atoms with Crippen LogP contribution in [0.1, 0.15) is 39.2 Å². The first-order valence-electron chi connectivity index (χ1n) is 11.1. The minimum absolute atomic E-state index is 0.0156. The molecule has 1 N–H and O–H groups in total. The number of hydrogen-bond acceptors (Lipinski definition) is 5. The molecule has 2 aromatic rings. The second-order valence-electron chi connectivity index (χ2n) is 7.84. The fourth-order valence-corrected chi connectivity index (χ4v) is 3.75. The minimum Gasteiger partial charge on any atom is -0.496 e.